The average Bonchev–Trinajstić information content (AvgIpc) is 2.28. The van der Waals surface area contributed by atoms with E-state index in [0.717, 1.165) is 15.7 Å². The van der Waals surface area contributed by atoms with E-state index in [1.807, 2.05) is 28.7 Å². The Morgan fingerprint density at radius 2 is 2.11 bits per heavy atom. The van der Waals surface area contributed by atoms with Crippen molar-refractivity contribution in [3.63, 3.8) is 0 Å². The van der Waals surface area contributed by atoms with Crippen molar-refractivity contribution in [3.05, 3.63) is 53.8 Å². The first-order chi connectivity index (χ1) is 8.00. The van der Waals surface area contributed by atoms with Gasteiger partial charge in [0.1, 0.15) is 0 Å². The van der Waals surface area contributed by atoms with E-state index < -0.39 is 0 Å². The maximum atomic E-state index is 11.8. The summed E-state index contributed by atoms with van der Waals surface area (Å²) in [7, 11) is 1.73. The second kappa shape index (κ2) is 6.98. The molecule has 91 valence electrons. The molecule has 1 aromatic heterocycles. The zero-order chi connectivity index (χ0) is 12.6. The molecular weight excluding hydrogens is 505 g/mol. The van der Waals surface area contributed by atoms with Crippen molar-refractivity contribution in [2.24, 2.45) is 7.05 Å². The van der Waals surface area contributed by atoms with Crippen molar-refractivity contribution in [1.82, 2.24) is 4.57 Å². The molecular formula is C12H7BrClINOY-. The van der Waals surface area contributed by atoms with Crippen LogP contribution in [0.15, 0.2) is 33.5 Å². The van der Waals surface area contributed by atoms with E-state index in [9.17, 15) is 4.79 Å². The summed E-state index contributed by atoms with van der Waals surface area (Å²) in [6.07, 6.45) is 0. The molecule has 1 heterocycles. The minimum atomic E-state index is -0.0267. The normalized spacial score (nSPS) is 10.0. The molecule has 0 unspecified atom stereocenters. The van der Waals surface area contributed by atoms with Crippen LogP contribution in [0.4, 0.5) is 0 Å². The number of hydrogen-bond acceptors (Lipinski definition) is 1. The zero-order valence-corrected chi connectivity index (χ0v) is 16.7. The molecule has 0 aliphatic heterocycles. The number of hydrogen-bond donors (Lipinski definition) is 0. The second-order valence-corrected chi connectivity index (χ2v) is 5.93. The monoisotopic (exact) mass is 511 g/mol. The minimum absolute atomic E-state index is 0. The quantitative estimate of drug-likeness (QED) is 0.420. The van der Waals surface area contributed by atoms with Crippen LogP contribution < -0.4 is 5.56 Å². The van der Waals surface area contributed by atoms with Crippen molar-refractivity contribution in [3.8, 4) is 11.3 Å². The first-order valence-electron chi connectivity index (χ1n) is 4.73. The number of rotatable bonds is 1. The number of pyridine rings is 1. The van der Waals surface area contributed by atoms with Gasteiger partial charge in [-0.25, -0.2) is 0 Å². The van der Waals surface area contributed by atoms with Gasteiger partial charge in [-0.2, -0.15) is 12.1 Å². The van der Waals surface area contributed by atoms with E-state index in [2.05, 4.69) is 22.0 Å². The van der Waals surface area contributed by atoms with Crippen LogP contribution in [0.3, 0.4) is 0 Å². The maximum Gasteiger partial charge on any atom is 0.207 e. The van der Waals surface area contributed by atoms with Crippen LogP contribution in [-0.2, 0) is 39.8 Å². The summed E-state index contributed by atoms with van der Waals surface area (Å²) >= 11 is 11.3. The third kappa shape index (κ3) is 3.45. The summed E-state index contributed by atoms with van der Waals surface area (Å²) in [5.41, 5.74) is 1.60. The number of benzene rings is 1. The summed E-state index contributed by atoms with van der Waals surface area (Å²) < 4.78 is 3.08. The second-order valence-electron chi connectivity index (χ2n) is 3.47. The van der Waals surface area contributed by atoms with Gasteiger partial charge in [-0.1, -0.05) is 44.9 Å². The maximum absolute atomic E-state index is 11.8. The molecule has 6 heteroatoms. The molecule has 0 saturated carbocycles. The van der Waals surface area contributed by atoms with Crippen LogP contribution in [0.1, 0.15) is 0 Å². The van der Waals surface area contributed by atoms with Gasteiger partial charge >= 0.3 is 0 Å². The van der Waals surface area contributed by atoms with Gasteiger partial charge in [0.05, 0.1) is 0 Å². The standard InChI is InChI=1S/C12H7BrClINO.Y/c1-16-11(5-4-10(15)12(16)17)8-3-2-7(14)6-9(8)13;/h2-4,6H,1H3;/q-1;. The number of aromatic nitrogens is 1. The molecule has 0 aliphatic rings. The Hall–Kier alpha value is 0.774. The topological polar surface area (TPSA) is 22.0 Å². The van der Waals surface area contributed by atoms with Crippen molar-refractivity contribution >= 4 is 50.1 Å². The largest absolute Gasteiger partial charge is 0.345 e. The van der Waals surface area contributed by atoms with Crippen molar-refractivity contribution in [2.45, 2.75) is 0 Å². The molecule has 2 aromatic rings. The fourth-order valence-electron chi connectivity index (χ4n) is 1.49. The van der Waals surface area contributed by atoms with E-state index in [1.54, 1.807) is 29.8 Å². The Labute approximate surface area is 157 Å². The summed E-state index contributed by atoms with van der Waals surface area (Å²) in [5.74, 6) is 0. The SMILES string of the molecule is Cn1c(-c2ccc(Cl)cc2Br)[c-]cc(I)c1=O.[Y]. The van der Waals surface area contributed by atoms with E-state index in [-0.39, 0.29) is 38.3 Å². The summed E-state index contributed by atoms with van der Waals surface area (Å²) in [6.45, 7) is 0. The van der Waals surface area contributed by atoms with Crippen LogP contribution in [0, 0.1) is 9.64 Å². The summed E-state index contributed by atoms with van der Waals surface area (Å²) in [4.78, 5) is 11.8. The fraction of sp³-hybridized carbons (Fsp3) is 0.0833. The Morgan fingerprint density at radius 1 is 1.44 bits per heavy atom. The van der Waals surface area contributed by atoms with Crippen LogP contribution >= 0.6 is 50.1 Å². The van der Waals surface area contributed by atoms with Crippen LogP contribution in [0.25, 0.3) is 11.3 Å². The van der Waals surface area contributed by atoms with Gasteiger partial charge in [0.15, 0.2) is 0 Å². The van der Waals surface area contributed by atoms with Crippen molar-refractivity contribution in [2.75, 3.05) is 0 Å². The zero-order valence-electron chi connectivity index (χ0n) is 9.38. The van der Waals surface area contributed by atoms with E-state index in [1.165, 1.54) is 0 Å². The van der Waals surface area contributed by atoms with Gasteiger partial charge in [0.25, 0.3) is 0 Å². The van der Waals surface area contributed by atoms with Crippen molar-refractivity contribution < 1.29 is 32.7 Å². The third-order valence-corrected chi connectivity index (χ3v) is 4.03. The Bertz CT molecular complexity index is 644. The first-order valence-corrected chi connectivity index (χ1v) is 6.98. The molecule has 2 rings (SSSR count). The third-order valence-electron chi connectivity index (χ3n) is 2.37. The smallest absolute Gasteiger partial charge is 0.207 e. The number of halogens is 3. The Morgan fingerprint density at radius 3 is 2.72 bits per heavy atom. The fourth-order valence-corrected chi connectivity index (χ4v) is 2.88. The van der Waals surface area contributed by atoms with Gasteiger partial charge in [-0.05, 0) is 14.1 Å². The van der Waals surface area contributed by atoms with E-state index in [4.69, 9.17) is 11.6 Å². The first kappa shape index (κ1) is 16.8. The van der Waals surface area contributed by atoms with Crippen LogP contribution in [0.2, 0.25) is 5.02 Å². The van der Waals surface area contributed by atoms with Gasteiger partial charge in [0.2, 0.25) is 5.56 Å². The Balaban J connectivity index is 0.00000162. The Kier molecular flexibility index (Phi) is 6.52. The van der Waals surface area contributed by atoms with Crippen LogP contribution in [-0.4, -0.2) is 4.57 Å². The van der Waals surface area contributed by atoms with Gasteiger partial charge in [0, 0.05) is 44.8 Å². The van der Waals surface area contributed by atoms with Gasteiger partial charge in [-0.15, -0.1) is 28.7 Å². The molecule has 2 nitrogen and oxygen atoms in total. The molecule has 0 amide bonds. The molecule has 0 spiro atoms. The molecule has 0 atom stereocenters. The van der Waals surface area contributed by atoms with Crippen molar-refractivity contribution in [1.29, 1.82) is 0 Å². The van der Waals surface area contributed by atoms with E-state index in [0.29, 0.717) is 8.59 Å². The molecule has 1 radical (unpaired) electrons. The molecule has 1 aromatic carbocycles. The summed E-state index contributed by atoms with van der Waals surface area (Å²) in [5, 5.41) is 0.649. The van der Waals surface area contributed by atoms with E-state index >= 15 is 0 Å². The van der Waals surface area contributed by atoms with Gasteiger partial charge in [-0.3, -0.25) is 4.79 Å². The number of nitrogens with zero attached hydrogens (tertiary/aromatic N) is 1. The minimum Gasteiger partial charge on any atom is -0.345 e. The molecule has 0 saturated heterocycles. The summed E-state index contributed by atoms with van der Waals surface area (Å²) in [6, 6.07) is 10.3. The molecule has 0 bridgehead atoms. The molecule has 0 N–H and O–H groups in total. The van der Waals surface area contributed by atoms with Crippen LogP contribution in [0.5, 0.6) is 0 Å². The molecule has 0 fully saturated rings. The molecule has 18 heavy (non-hydrogen) atoms. The predicted molar refractivity (Wildman–Crippen MR) is 81.4 cm³/mol. The van der Waals surface area contributed by atoms with Gasteiger partial charge < -0.3 is 4.57 Å². The average molecular weight is 512 g/mol. The predicted octanol–water partition coefficient (Wildman–Crippen LogP) is 3.87. The molecule has 0 aliphatic carbocycles.